The molecule has 10 nitrogen and oxygen atoms in total. The van der Waals surface area contributed by atoms with Gasteiger partial charge in [-0.2, -0.15) is 0 Å². The quantitative estimate of drug-likeness (QED) is 0.407. The molecule has 4 heterocycles. The van der Waals surface area contributed by atoms with Crippen molar-refractivity contribution in [3.63, 3.8) is 0 Å². The molecule has 0 saturated carbocycles. The maximum Gasteiger partial charge on any atom is 0.265 e. The van der Waals surface area contributed by atoms with E-state index in [-0.39, 0.29) is 22.1 Å². The van der Waals surface area contributed by atoms with E-state index in [0.717, 1.165) is 6.26 Å². The Kier molecular flexibility index (Phi) is 5.89. The van der Waals surface area contributed by atoms with Crippen molar-refractivity contribution in [2.24, 2.45) is 0 Å². The molecule has 0 aliphatic carbocycles. The van der Waals surface area contributed by atoms with E-state index in [1.54, 1.807) is 12.1 Å². The molecule has 176 valence electrons. The number of halogens is 1. The van der Waals surface area contributed by atoms with Crippen molar-refractivity contribution in [2.45, 2.75) is 4.90 Å². The number of ether oxygens (including phenoxy) is 1. The normalized spacial score (nSPS) is 14.3. The molecule has 0 unspecified atom stereocenters. The summed E-state index contributed by atoms with van der Waals surface area (Å²) in [6, 6.07) is 7.37. The second-order valence-corrected chi connectivity index (χ2v) is 9.97. The SMILES string of the molecule is Nc1nccc(-c2sc(N3CCOCC3)nc2-c2cccc(NS(=O)(=O)c3ccoc3)c2F)n1. The van der Waals surface area contributed by atoms with Gasteiger partial charge in [0.2, 0.25) is 5.95 Å². The van der Waals surface area contributed by atoms with Gasteiger partial charge in [0.1, 0.15) is 11.2 Å². The Hall–Kier alpha value is -3.55. The molecule has 1 saturated heterocycles. The summed E-state index contributed by atoms with van der Waals surface area (Å²) >= 11 is 1.34. The van der Waals surface area contributed by atoms with E-state index in [1.807, 2.05) is 0 Å². The van der Waals surface area contributed by atoms with Crippen LogP contribution in [0.25, 0.3) is 21.8 Å². The number of benzene rings is 1. The number of hydrogen-bond donors (Lipinski definition) is 2. The molecule has 1 fully saturated rings. The number of nitrogen functional groups attached to an aromatic ring is 1. The highest BCUT2D eigenvalue weighted by Gasteiger charge is 2.25. The monoisotopic (exact) mass is 502 g/mol. The van der Waals surface area contributed by atoms with Gasteiger partial charge in [-0.3, -0.25) is 4.72 Å². The van der Waals surface area contributed by atoms with Gasteiger partial charge in [0.15, 0.2) is 10.9 Å². The summed E-state index contributed by atoms with van der Waals surface area (Å²) in [5, 5.41) is 0.675. The number of sulfonamides is 1. The molecule has 5 rings (SSSR count). The Morgan fingerprint density at radius 3 is 2.71 bits per heavy atom. The minimum absolute atomic E-state index is 0.0758. The Morgan fingerprint density at radius 1 is 1.15 bits per heavy atom. The zero-order valence-corrected chi connectivity index (χ0v) is 19.3. The number of nitrogens with zero attached hydrogens (tertiary/aromatic N) is 4. The molecule has 3 aromatic heterocycles. The Labute approximate surface area is 198 Å². The lowest BCUT2D eigenvalue weighted by Gasteiger charge is -2.26. The van der Waals surface area contributed by atoms with Crippen LogP contribution in [0.3, 0.4) is 0 Å². The van der Waals surface area contributed by atoms with E-state index in [0.29, 0.717) is 47.7 Å². The van der Waals surface area contributed by atoms with Crippen molar-refractivity contribution in [3.05, 3.63) is 54.9 Å². The van der Waals surface area contributed by atoms with E-state index >= 15 is 4.39 Å². The lowest BCUT2D eigenvalue weighted by atomic mass is 10.1. The Bertz CT molecular complexity index is 1420. The van der Waals surface area contributed by atoms with Crippen LogP contribution >= 0.6 is 11.3 Å². The summed E-state index contributed by atoms with van der Waals surface area (Å²) in [4.78, 5) is 15.4. The van der Waals surface area contributed by atoms with Gasteiger partial charge in [-0.1, -0.05) is 17.4 Å². The third-order valence-corrected chi connectivity index (χ3v) is 7.59. The topological polar surface area (TPSA) is 136 Å². The number of aromatic nitrogens is 3. The fraction of sp³-hybridized carbons (Fsp3) is 0.190. The van der Waals surface area contributed by atoms with Gasteiger partial charge in [-0.15, -0.1) is 0 Å². The van der Waals surface area contributed by atoms with Gasteiger partial charge in [-0.25, -0.2) is 27.8 Å². The number of nitrogens with two attached hydrogens (primary N) is 1. The minimum atomic E-state index is -4.03. The molecule has 3 N–H and O–H groups in total. The van der Waals surface area contributed by atoms with Crippen molar-refractivity contribution >= 4 is 38.1 Å². The molecule has 0 atom stereocenters. The van der Waals surface area contributed by atoms with E-state index in [9.17, 15) is 8.42 Å². The lowest BCUT2D eigenvalue weighted by Crippen LogP contribution is -2.36. The highest BCUT2D eigenvalue weighted by molar-refractivity contribution is 7.92. The van der Waals surface area contributed by atoms with Crippen LogP contribution in [-0.2, 0) is 14.8 Å². The number of furan rings is 1. The first-order valence-electron chi connectivity index (χ1n) is 10.2. The highest BCUT2D eigenvalue weighted by Crippen LogP contribution is 2.41. The molecule has 1 aromatic carbocycles. The summed E-state index contributed by atoms with van der Waals surface area (Å²) in [6.07, 6.45) is 3.81. The van der Waals surface area contributed by atoms with Gasteiger partial charge in [0.25, 0.3) is 10.0 Å². The van der Waals surface area contributed by atoms with Crippen LogP contribution in [-0.4, -0.2) is 49.7 Å². The van der Waals surface area contributed by atoms with E-state index in [1.165, 1.54) is 42.0 Å². The maximum absolute atomic E-state index is 15.7. The zero-order valence-electron chi connectivity index (χ0n) is 17.6. The number of anilines is 3. The lowest BCUT2D eigenvalue weighted by molar-refractivity contribution is 0.122. The third kappa shape index (κ3) is 4.32. The van der Waals surface area contributed by atoms with E-state index in [2.05, 4.69) is 19.6 Å². The van der Waals surface area contributed by atoms with Crippen molar-refractivity contribution < 1.29 is 22.0 Å². The van der Waals surface area contributed by atoms with E-state index in [4.69, 9.17) is 19.9 Å². The van der Waals surface area contributed by atoms with Crippen LogP contribution in [0.4, 0.5) is 21.2 Å². The number of rotatable bonds is 6. The van der Waals surface area contributed by atoms with Crippen molar-refractivity contribution in [3.8, 4) is 21.8 Å². The molecule has 0 spiro atoms. The fourth-order valence-corrected chi connectivity index (χ4v) is 5.54. The van der Waals surface area contributed by atoms with E-state index < -0.39 is 15.8 Å². The van der Waals surface area contributed by atoms with Crippen molar-refractivity contribution in [1.29, 1.82) is 0 Å². The third-order valence-electron chi connectivity index (χ3n) is 5.11. The van der Waals surface area contributed by atoms with Gasteiger partial charge in [-0.05, 0) is 24.3 Å². The summed E-state index contributed by atoms with van der Waals surface area (Å²) in [5.41, 5.74) is 6.50. The summed E-state index contributed by atoms with van der Waals surface area (Å²) in [7, 11) is -4.03. The Balaban J connectivity index is 1.60. The summed E-state index contributed by atoms with van der Waals surface area (Å²) in [5.74, 6) is -0.691. The van der Waals surface area contributed by atoms with Gasteiger partial charge in [0, 0.05) is 24.8 Å². The fourth-order valence-electron chi connectivity index (χ4n) is 3.46. The average molecular weight is 503 g/mol. The number of thiazole rings is 1. The van der Waals surface area contributed by atoms with Crippen LogP contribution in [0, 0.1) is 5.82 Å². The zero-order chi connectivity index (χ0) is 23.7. The highest BCUT2D eigenvalue weighted by atomic mass is 32.2. The molecule has 1 aliphatic rings. The summed E-state index contributed by atoms with van der Waals surface area (Å²) < 4.78 is 53.4. The molecule has 0 radical (unpaired) electrons. The van der Waals surface area contributed by atoms with Crippen LogP contribution in [0.15, 0.2) is 58.4 Å². The minimum Gasteiger partial charge on any atom is -0.471 e. The maximum atomic E-state index is 15.7. The second kappa shape index (κ2) is 9.00. The number of morpholine rings is 1. The molecule has 4 aromatic rings. The average Bonchev–Trinajstić information content (AvgIpc) is 3.52. The van der Waals surface area contributed by atoms with Gasteiger partial charge in [0.05, 0.1) is 41.4 Å². The Morgan fingerprint density at radius 2 is 1.97 bits per heavy atom. The smallest absolute Gasteiger partial charge is 0.265 e. The predicted molar refractivity (Wildman–Crippen MR) is 125 cm³/mol. The first-order chi connectivity index (χ1) is 16.4. The van der Waals surface area contributed by atoms with Crippen molar-refractivity contribution in [1.82, 2.24) is 15.0 Å². The first-order valence-corrected chi connectivity index (χ1v) is 12.5. The standard InChI is InChI=1S/C21H19FN6O4S2/c22-17-14(2-1-3-15(17)27-34(29,30)13-5-9-32-12-13)18-19(16-4-6-24-20(23)25-16)33-21(26-18)28-7-10-31-11-8-28/h1-6,9,12,27H,7-8,10-11H2,(H2,23,24,25). The van der Waals surface area contributed by atoms with Crippen molar-refractivity contribution in [2.75, 3.05) is 41.7 Å². The molecule has 34 heavy (non-hydrogen) atoms. The van der Waals surface area contributed by atoms with Crippen LogP contribution in [0.2, 0.25) is 0 Å². The summed E-state index contributed by atoms with van der Waals surface area (Å²) in [6.45, 7) is 2.41. The molecule has 0 bridgehead atoms. The molecular formula is C21H19FN6O4S2. The first kappa shape index (κ1) is 22.3. The molecule has 13 heteroatoms. The molecular weight excluding hydrogens is 483 g/mol. The van der Waals surface area contributed by atoms with Crippen LogP contribution < -0.4 is 15.4 Å². The van der Waals surface area contributed by atoms with Crippen LogP contribution in [0.5, 0.6) is 0 Å². The van der Waals surface area contributed by atoms with Crippen LogP contribution in [0.1, 0.15) is 0 Å². The number of nitrogens with one attached hydrogen (secondary N) is 1. The predicted octanol–water partition coefficient (Wildman–Crippen LogP) is 3.22. The molecule has 0 amide bonds. The second-order valence-electron chi connectivity index (χ2n) is 7.31. The van der Waals surface area contributed by atoms with Gasteiger partial charge >= 0.3 is 0 Å². The largest absolute Gasteiger partial charge is 0.471 e. The molecule has 1 aliphatic heterocycles. The number of hydrogen-bond acceptors (Lipinski definition) is 10. The van der Waals surface area contributed by atoms with Gasteiger partial charge < -0.3 is 19.8 Å².